The lowest BCUT2D eigenvalue weighted by Gasteiger charge is -2.27. The summed E-state index contributed by atoms with van der Waals surface area (Å²) in [5, 5.41) is 3.80. The van der Waals surface area contributed by atoms with Gasteiger partial charge in [-0.05, 0) is 25.5 Å². The van der Waals surface area contributed by atoms with Crippen LogP contribution in [-0.4, -0.2) is 26.2 Å². The van der Waals surface area contributed by atoms with Crippen molar-refractivity contribution in [2.24, 2.45) is 0 Å². The summed E-state index contributed by atoms with van der Waals surface area (Å²) in [4.78, 5) is 12.0. The van der Waals surface area contributed by atoms with E-state index in [0.29, 0.717) is 30.3 Å². The molecule has 0 radical (unpaired) electrons. The van der Waals surface area contributed by atoms with Crippen LogP contribution in [0, 0.1) is 0 Å². The predicted molar refractivity (Wildman–Crippen MR) is 70.5 cm³/mol. The highest BCUT2D eigenvalue weighted by Crippen LogP contribution is 2.42. The van der Waals surface area contributed by atoms with Crippen molar-refractivity contribution in [1.29, 1.82) is 0 Å². The van der Waals surface area contributed by atoms with E-state index in [1.807, 2.05) is 0 Å². The number of carbonyl (C=O) groups is 1. The third kappa shape index (κ3) is 2.25. The molecule has 1 aromatic carbocycles. The van der Waals surface area contributed by atoms with Crippen molar-refractivity contribution in [3.63, 3.8) is 0 Å². The van der Waals surface area contributed by atoms with Gasteiger partial charge in [0.25, 0.3) is 0 Å². The molecule has 1 aliphatic heterocycles. The molecule has 1 atom stereocenters. The number of anilines is 1. The second-order valence-corrected chi connectivity index (χ2v) is 4.47. The summed E-state index contributed by atoms with van der Waals surface area (Å²) >= 11 is 6.21. The monoisotopic (exact) mass is 269 g/mol. The molecule has 1 N–H and O–H groups in total. The average molecular weight is 270 g/mol. The Labute approximate surface area is 111 Å². The summed E-state index contributed by atoms with van der Waals surface area (Å²) in [6.45, 7) is 2.87. The Hall–Kier alpha value is -1.42. The van der Waals surface area contributed by atoms with Crippen LogP contribution in [0.5, 0.6) is 5.75 Å². The van der Waals surface area contributed by atoms with E-state index in [1.54, 1.807) is 26.2 Å². The van der Waals surface area contributed by atoms with E-state index in [0.717, 1.165) is 11.3 Å². The molecule has 98 valence electrons. The smallest absolute Gasteiger partial charge is 0.313 e. The van der Waals surface area contributed by atoms with Crippen LogP contribution in [0.2, 0.25) is 5.02 Å². The molecule has 5 heteroatoms. The number of esters is 1. The maximum absolute atomic E-state index is 12.0. The first-order valence-corrected chi connectivity index (χ1v) is 6.33. The number of carbonyl (C=O) groups excluding carboxylic acids is 1. The van der Waals surface area contributed by atoms with Crippen LogP contribution in [0.4, 0.5) is 5.69 Å². The fourth-order valence-electron chi connectivity index (χ4n) is 2.23. The van der Waals surface area contributed by atoms with Crippen LogP contribution in [-0.2, 0) is 9.53 Å². The lowest BCUT2D eigenvalue weighted by Crippen LogP contribution is -2.25. The maximum Gasteiger partial charge on any atom is 0.313 e. The van der Waals surface area contributed by atoms with Crippen LogP contribution in [0.25, 0.3) is 0 Å². The molecule has 0 aliphatic carbocycles. The van der Waals surface area contributed by atoms with E-state index in [1.165, 1.54) is 0 Å². The molecule has 0 amide bonds. The van der Waals surface area contributed by atoms with Gasteiger partial charge >= 0.3 is 5.97 Å². The summed E-state index contributed by atoms with van der Waals surface area (Å²) in [6, 6.07) is 3.54. The Balaban J connectivity index is 2.45. The molecule has 0 saturated carbocycles. The van der Waals surface area contributed by atoms with Crippen molar-refractivity contribution in [2.45, 2.75) is 19.3 Å². The molecule has 1 unspecified atom stereocenters. The molecule has 0 fully saturated rings. The SMILES string of the molecule is CCOC(=O)C1CCNc2c(OC)ccc(Cl)c21. The van der Waals surface area contributed by atoms with Crippen molar-refractivity contribution >= 4 is 23.3 Å². The van der Waals surface area contributed by atoms with Gasteiger partial charge in [0.2, 0.25) is 0 Å². The minimum atomic E-state index is -0.316. The molecular formula is C13H16ClNO3. The number of hydrogen-bond acceptors (Lipinski definition) is 4. The van der Waals surface area contributed by atoms with Crippen molar-refractivity contribution < 1.29 is 14.3 Å². The molecule has 4 nitrogen and oxygen atoms in total. The fourth-order valence-corrected chi connectivity index (χ4v) is 2.52. The molecule has 1 aromatic rings. The molecule has 0 saturated heterocycles. The zero-order chi connectivity index (χ0) is 13.1. The van der Waals surface area contributed by atoms with E-state index in [9.17, 15) is 4.79 Å². The van der Waals surface area contributed by atoms with Gasteiger partial charge in [0.05, 0.1) is 25.3 Å². The highest BCUT2D eigenvalue weighted by molar-refractivity contribution is 6.32. The van der Waals surface area contributed by atoms with Crippen molar-refractivity contribution in [3.05, 3.63) is 22.7 Å². The number of fused-ring (bicyclic) bond motifs is 1. The van der Waals surface area contributed by atoms with E-state index >= 15 is 0 Å². The van der Waals surface area contributed by atoms with Crippen LogP contribution in [0.15, 0.2) is 12.1 Å². The lowest BCUT2D eigenvalue weighted by atomic mass is 9.90. The van der Waals surface area contributed by atoms with E-state index < -0.39 is 0 Å². The molecular weight excluding hydrogens is 254 g/mol. The largest absolute Gasteiger partial charge is 0.495 e. The van der Waals surface area contributed by atoms with Crippen LogP contribution < -0.4 is 10.1 Å². The van der Waals surface area contributed by atoms with Crippen molar-refractivity contribution in [1.82, 2.24) is 0 Å². The first-order valence-electron chi connectivity index (χ1n) is 5.96. The summed E-state index contributed by atoms with van der Waals surface area (Å²) < 4.78 is 10.4. The van der Waals surface area contributed by atoms with Crippen LogP contribution in [0.1, 0.15) is 24.8 Å². The zero-order valence-corrected chi connectivity index (χ0v) is 11.2. The highest BCUT2D eigenvalue weighted by atomic mass is 35.5. The lowest BCUT2D eigenvalue weighted by molar-refractivity contribution is -0.145. The van der Waals surface area contributed by atoms with Gasteiger partial charge in [-0.25, -0.2) is 0 Å². The van der Waals surface area contributed by atoms with Gasteiger partial charge in [0.1, 0.15) is 5.75 Å². The quantitative estimate of drug-likeness (QED) is 0.857. The Bertz CT molecular complexity index is 462. The van der Waals surface area contributed by atoms with E-state index in [-0.39, 0.29) is 11.9 Å². The second kappa shape index (κ2) is 5.48. The van der Waals surface area contributed by atoms with E-state index in [4.69, 9.17) is 21.1 Å². The Morgan fingerprint density at radius 1 is 1.56 bits per heavy atom. The minimum Gasteiger partial charge on any atom is -0.495 e. The Morgan fingerprint density at radius 2 is 2.33 bits per heavy atom. The third-order valence-electron chi connectivity index (χ3n) is 3.03. The fraction of sp³-hybridized carbons (Fsp3) is 0.462. The number of halogens is 1. The minimum absolute atomic E-state index is 0.226. The molecule has 0 aromatic heterocycles. The van der Waals surface area contributed by atoms with Gasteiger partial charge in [-0.15, -0.1) is 0 Å². The highest BCUT2D eigenvalue weighted by Gasteiger charge is 2.31. The summed E-state index contributed by atoms with van der Waals surface area (Å²) in [7, 11) is 1.60. The number of benzene rings is 1. The summed E-state index contributed by atoms with van der Waals surface area (Å²) in [6.07, 6.45) is 0.679. The topological polar surface area (TPSA) is 47.6 Å². The van der Waals surface area contributed by atoms with Gasteiger partial charge in [-0.2, -0.15) is 0 Å². The van der Waals surface area contributed by atoms with Gasteiger partial charge < -0.3 is 14.8 Å². The normalized spacial score (nSPS) is 17.6. The van der Waals surface area contributed by atoms with E-state index in [2.05, 4.69) is 5.32 Å². The summed E-state index contributed by atoms with van der Waals surface area (Å²) in [5.74, 6) is 0.155. The number of methoxy groups -OCH3 is 1. The van der Waals surface area contributed by atoms with Crippen molar-refractivity contribution in [2.75, 3.05) is 25.6 Å². The average Bonchev–Trinajstić information content (AvgIpc) is 2.39. The van der Waals surface area contributed by atoms with Crippen LogP contribution in [0.3, 0.4) is 0 Å². The number of ether oxygens (including phenoxy) is 2. The van der Waals surface area contributed by atoms with Crippen molar-refractivity contribution in [3.8, 4) is 5.75 Å². The third-order valence-corrected chi connectivity index (χ3v) is 3.36. The van der Waals surface area contributed by atoms with Gasteiger partial charge in [-0.1, -0.05) is 11.6 Å². The molecule has 0 bridgehead atoms. The summed E-state index contributed by atoms with van der Waals surface area (Å²) in [5.41, 5.74) is 1.58. The van der Waals surface area contributed by atoms with Crippen LogP contribution >= 0.6 is 11.6 Å². The maximum atomic E-state index is 12.0. The van der Waals surface area contributed by atoms with Gasteiger partial charge in [0, 0.05) is 17.1 Å². The Morgan fingerprint density at radius 3 is 3.00 bits per heavy atom. The predicted octanol–water partition coefficient (Wildman–Crippen LogP) is 2.81. The van der Waals surface area contributed by atoms with Gasteiger partial charge in [-0.3, -0.25) is 4.79 Å². The molecule has 1 heterocycles. The molecule has 1 aliphatic rings. The number of rotatable bonds is 3. The number of hydrogen-bond donors (Lipinski definition) is 1. The molecule has 2 rings (SSSR count). The molecule has 0 spiro atoms. The van der Waals surface area contributed by atoms with Gasteiger partial charge in [0.15, 0.2) is 0 Å². The standard InChI is InChI=1S/C13H16ClNO3/c1-3-18-13(16)8-6-7-15-12-10(17-2)5-4-9(14)11(8)12/h4-5,8,15H,3,6-7H2,1-2H3. The second-order valence-electron chi connectivity index (χ2n) is 4.06. The number of nitrogens with one attached hydrogen (secondary N) is 1. The Kier molecular flexibility index (Phi) is 3.97. The first kappa shape index (κ1) is 13.0. The first-order chi connectivity index (χ1) is 8.69. The zero-order valence-electron chi connectivity index (χ0n) is 10.5. The molecule has 18 heavy (non-hydrogen) atoms.